The fraction of sp³-hybridized carbons (Fsp3) is 0.667. The number of hydrogen-bond donors (Lipinski definition) is 1. The number of nitrogens with one attached hydrogen (secondary N) is 1. The molecule has 1 N–H and O–H groups in total. The van der Waals surface area contributed by atoms with Crippen LogP contribution in [-0.4, -0.2) is 49.3 Å². The molecule has 2 aromatic heterocycles. The van der Waals surface area contributed by atoms with Gasteiger partial charge in [0.05, 0.1) is 18.4 Å². The van der Waals surface area contributed by atoms with Crippen molar-refractivity contribution in [3.63, 3.8) is 0 Å². The first-order valence-corrected chi connectivity index (χ1v) is 10.3. The van der Waals surface area contributed by atoms with E-state index < -0.39 is 0 Å². The van der Waals surface area contributed by atoms with Gasteiger partial charge in [-0.25, -0.2) is 0 Å². The quantitative estimate of drug-likeness (QED) is 0.699. The summed E-state index contributed by atoms with van der Waals surface area (Å²) in [4.78, 5) is 12.1. The van der Waals surface area contributed by atoms with Gasteiger partial charge in [-0.05, 0) is 19.3 Å². The predicted octanol–water partition coefficient (Wildman–Crippen LogP) is 2.16. The topological polar surface area (TPSA) is 94.8 Å². The molecule has 2 aromatic rings. The highest BCUT2D eigenvalue weighted by Gasteiger charge is 2.21. The highest BCUT2D eigenvalue weighted by Crippen LogP contribution is 2.22. The molecule has 1 atom stereocenters. The number of nitrogens with zero attached hydrogens (tertiary/aromatic N) is 5. The first kappa shape index (κ1) is 18.3. The molecule has 1 unspecified atom stereocenters. The van der Waals surface area contributed by atoms with Crippen molar-refractivity contribution in [3.05, 3.63) is 10.8 Å². The van der Waals surface area contributed by atoms with E-state index in [1.807, 2.05) is 6.92 Å². The van der Waals surface area contributed by atoms with Gasteiger partial charge in [0, 0.05) is 13.0 Å². The van der Waals surface area contributed by atoms with E-state index in [4.69, 9.17) is 4.74 Å². The van der Waals surface area contributed by atoms with Gasteiger partial charge in [0.15, 0.2) is 5.16 Å². The number of thioether (sulfide) groups is 1. The maximum absolute atomic E-state index is 12.1. The SMILES string of the molecule is CCc1nnc(NC(=O)CSc2nnc(CC)n2CC2CCCO2)s1. The number of aromatic nitrogens is 5. The fourth-order valence-electron chi connectivity index (χ4n) is 2.60. The summed E-state index contributed by atoms with van der Waals surface area (Å²) in [7, 11) is 0. The van der Waals surface area contributed by atoms with Crippen LogP contribution in [0, 0.1) is 0 Å². The molecule has 1 amide bonds. The monoisotopic (exact) mass is 382 g/mol. The van der Waals surface area contributed by atoms with Crippen LogP contribution in [0.5, 0.6) is 0 Å². The molecule has 0 spiro atoms. The highest BCUT2D eigenvalue weighted by molar-refractivity contribution is 7.99. The van der Waals surface area contributed by atoms with Crippen LogP contribution in [0.25, 0.3) is 0 Å². The van der Waals surface area contributed by atoms with Crippen molar-refractivity contribution < 1.29 is 9.53 Å². The van der Waals surface area contributed by atoms with Crippen LogP contribution < -0.4 is 5.32 Å². The Balaban J connectivity index is 1.58. The molecule has 0 aromatic carbocycles. The Morgan fingerprint density at radius 3 is 2.88 bits per heavy atom. The van der Waals surface area contributed by atoms with Gasteiger partial charge in [0.1, 0.15) is 10.8 Å². The second-order valence-electron chi connectivity index (χ2n) is 5.69. The van der Waals surface area contributed by atoms with Crippen LogP contribution in [0.4, 0.5) is 5.13 Å². The Kier molecular flexibility index (Phi) is 6.38. The van der Waals surface area contributed by atoms with Crippen molar-refractivity contribution >= 4 is 34.1 Å². The third-order valence-electron chi connectivity index (χ3n) is 3.87. The smallest absolute Gasteiger partial charge is 0.236 e. The Bertz CT molecular complexity index is 711. The Morgan fingerprint density at radius 2 is 2.20 bits per heavy atom. The van der Waals surface area contributed by atoms with Crippen molar-refractivity contribution in [1.82, 2.24) is 25.0 Å². The lowest BCUT2D eigenvalue weighted by molar-refractivity contribution is -0.113. The number of carbonyl (C=O) groups excluding carboxylic acids is 1. The fourth-order valence-corrected chi connectivity index (χ4v) is 4.06. The number of hydrogen-bond acceptors (Lipinski definition) is 8. The van der Waals surface area contributed by atoms with Crippen LogP contribution >= 0.6 is 23.1 Å². The number of ether oxygens (including phenoxy) is 1. The van der Waals surface area contributed by atoms with Gasteiger partial charge in [-0.1, -0.05) is 36.9 Å². The molecule has 25 heavy (non-hydrogen) atoms. The van der Waals surface area contributed by atoms with E-state index in [9.17, 15) is 4.79 Å². The second-order valence-corrected chi connectivity index (χ2v) is 7.69. The lowest BCUT2D eigenvalue weighted by Gasteiger charge is -2.13. The van der Waals surface area contributed by atoms with Crippen LogP contribution in [0.2, 0.25) is 0 Å². The maximum Gasteiger partial charge on any atom is 0.236 e. The molecule has 0 aliphatic carbocycles. The molecule has 1 saturated heterocycles. The van der Waals surface area contributed by atoms with Crippen molar-refractivity contribution in [2.75, 3.05) is 17.7 Å². The third kappa shape index (κ3) is 4.77. The summed E-state index contributed by atoms with van der Waals surface area (Å²) in [5.74, 6) is 1.07. The summed E-state index contributed by atoms with van der Waals surface area (Å²) < 4.78 is 7.80. The van der Waals surface area contributed by atoms with Crippen LogP contribution in [0.15, 0.2) is 5.16 Å². The van der Waals surface area contributed by atoms with Gasteiger partial charge >= 0.3 is 0 Å². The number of rotatable bonds is 8. The Labute approximate surface area is 154 Å². The largest absolute Gasteiger partial charge is 0.376 e. The molecule has 10 heteroatoms. The average Bonchev–Trinajstić information content (AvgIpc) is 3.35. The van der Waals surface area contributed by atoms with E-state index >= 15 is 0 Å². The molecule has 0 bridgehead atoms. The van der Waals surface area contributed by atoms with Crippen LogP contribution in [0.3, 0.4) is 0 Å². The minimum atomic E-state index is -0.117. The first-order valence-electron chi connectivity index (χ1n) is 8.48. The molecule has 0 radical (unpaired) electrons. The zero-order valence-electron chi connectivity index (χ0n) is 14.4. The van der Waals surface area contributed by atoms with Crippen molar-refractivity contribution in [2.45, 2.75) is 57.3 Å². The second kappa shape index (κ2) is 8.72. The molecular weight excluding hydrogens is 360 g/mol. The zero-order chi connectivity index (χ0) is 17.6. The summed E-state index contributed by atoms with van der Waals surface area (Å²) in [5, 5.41) is 21.4. The van der Waals surface area contributed by atoms with Gasteiger partial charge in [0.25, 0.3) is 0 Å². The number of carbonyl (C=O) groups is 1. The third-order valence-corrected chi connectivity index (χ3v) is 5.82. The Hall–Kier alpha value is -1.52. The number of anilines is 1. The van der Waals surface area contributed by atoms with E-state index in [1.54, 1.807) is 0 Å². The van der Waals surface area contributed by atoms with E-state index in [-0.39, 0.29) is 17.8 Å². The van der Waals surface area contributed by atoms with Crippen LogP contribution in [-0.2, 0) is 28.9 Å². The molecule has 3 heterocycles. The average molecular weight is 383 g/mol. The molecule has 1 fully saturated rings. The highest BCUT2D eigenvalue weighted by atomic mass is 32.2. The lowest BCUT2D eigenvalue weighted by Crippen LogP contribution is -2.19. The van der Waals surface area contributed by atoms with Gasteiger partial charge < -0.3 is 9.30 Å². The molecule has 3 rings (SSSR count). The van der Waals surface area contributed by atoms with Gasteiger partial charge in [0.2, 0.25) is 11.0 Å². The maximum atomic E-state index is 12.1. The zero-order valence-corrected chi connectivity index (χ0v) is 16.0. The van der Waals surface area contributed by atoms with E-state index in [0.717, 1.165) is 54.8 Å². The van der Waals surface area contributed by atoms with Crippen molar-refractivity contribution in [2.24, 2.45) is 0 Å². The number of aryl methyl sites for hydroxylation is 2. The minimum Gasteiger partial charge on any atom is -0.376 e. The van der Waals surface area contributed by atoms with E-state index in [2.05, 4.69) is 37.2 Å². The molecule has 1 aliphatic heterocycles. The summed E-state index contributed by atoms with van der Waals surface area (Å²) in [5.41, 5.74) is 0. The molecule has 8 nitrogen and oxygen atoms in total. The summed E-state index contributed by atoms with van der Waals surface area (Å²) in [6, 6.07) is 0. The predicted molar refractivity (Wildman–Crippen MR) is 97.0 cm³/mol. The molecular formula is C15H22N6O2S2. The summed E-state index contributed by atoms with van der Waals surface area (Å²) in [6.45, 7) is 5.63. The standard InChI is InChI=1S/C15H22N6O2S2/c1-3-11-17-20-15(21(11)8-10-6-5-7-23-10)24-9-12(22)16-14-19-18-13(4-2)25-14/h10H,3-9H2,1-2H3,(H,16,19,22). The summed E-state index contributed by atoms with van der Waals surface area (Å²) in [6.07, 6.45) is 3.98. The van der Waals surface area contributed by atoms with Gasteiger partial charge in [-0.3, -0.25) is 10.1 Å². The van der Waals surface area contributed by atoms with Crippen molar-refractivity contribution in [3.8, 4) is 0 Å². The first-order chi connectivity index (χ1) is 12.2. The van der Waals surface area contributed by atoms with E-state index in [1.165, 1.54) is 23.1 Å². The van der Waals surface area contributed by atoms with Crippen LogP contribution in [0.1, 0.15) is 37.5 Å². The molecule has 0 saturated carbocycles. The Morgan fingerprint density at radius 1 is 1.32 bits per heavy atom. The number of amides is 1. The lowest BCUT2D eigenvalue weighted by atomic mass is 10.2. The van der Waals surface area contributed by atoms with Gasteiger partial charge in [-0.15, -0.1) is 20.4 Å². The molecule has 1 aliphatic rings. The molecule has 136 valence electrons. The minimum absolute atomic E-state index is 0.117. The van der Waals surface area contributed by atoms with Crippen molar-refractivity contribution in [1.29, 1.82) is 0 Å². The van der Waals surface area contributed by atoms with E-state index in [0.29, 0.717) is 5.13 Å². The summed E-state index contributed by atoms with van der Waals surface area (Å²) >= 11 is 2.79. The normalized spacial score (nSPS) is 17.1. The van der Waals surface area contributed by atoms with Gasteiger partial charge in [-0.2, -0.15) is 0 Å².